The summed E-state index contributed by atoms with van der Waals surface area (Å²) in [7, 11) is -3.35. The first kappa shape index (κ1) is 16.8. The summed E-state index contributed by atoms with van der Waals surface area (Å²) in [6.07, 6.45) is 4.80. The van der Waals surface area contributed by atoms with Gasteiger partial charge in [0, 0.05) is 38.1 Å². The summed E-state index contributed by atoms with van der Waals surface area (Å²) in [5.74, 6) is 0.365. The molecule has 2 aliphatic rings. The van der Waals surface area contributed by atoms with Crippen LogP contribution in [0.2, 0.25) is 0 Å². The molecule has 3 heterocycles. The topological polar surface area (TPSA) is 62.7 Å². The van der Waals surface area contributed by atoms with Crippen LogP contribution in [0.4, 0.5) is 0 Å². The lowest BCUT2D eigenvalue weighted by molar-refractivity contribution is 0.0691. The number of ether oxygens (including phenoxy) is 1. The van der Waals surface area contributed by atoms with E-state index in [1.54, 1.807) is 8.61 Å². The van der Waals surface area contributed by atoms with Gasteiger partial charge in [-0.05, 0) is 43.7 Å². The fourth-order valence-electron chi connectivity index (χ4n) is 3.30. The highest BCUT2D eigenvalue weighted by molar-refractivity contribution is 7.86. The number of aryl methyl sites for hydroxylation is 1. The van der Waals surface area contributed by atoms with Crippen LogP contribution in [-0.4, -0.2) is 61.4 Å². The third-order valence-corrected chi connectivity index (χ3v) is 6.60. The smallest absolute Gasteiger partial charge is 0.282 e. The van der Waals surface area contributed by atoms with Crippen molar-refractivity contribution in [1.29, 1.82) is 0 Å². The average Bonchev–Trinajstić information content (AvgIpc) is 2.58. The summed E-state index contributed by atoms with van der Waals surface area (Å²) in [5.41, 5.74) is 2.19. The van der Waals surface area contributed by atoms with Crippen molar-refractivity contribution in [1.82, 2.24) is 13.6 Å². The standard InChI is InChI=1S/C16H25N3O3S/c1-14-4-5-15(12-17-14)11-16-3-2-6-19(13-16)23(20,21)18-7-9-22-10-8-18/h4-5,12,16H,2-3,6-11,13H2,1H3. The molecule has 2 fully saturated rings. The van der Waals surface area contributed by atoms with Gasteiger partial charge in [-0.3, -0.25) is 4.98 Å². The first-order valence-corrected chi connectivity index (χ1v) is 9.70. The Kier molecular flexibility index (Phi) is 5.31. The van der Waals surface area contributed by atoms with Gasteiger partial charge >= 0.3 is 0 Å². The van der Waals surface area contributed by atoms with Gasteiger partial charge in [-0.2, -0.15) is 17.0 Å². The molecule has 1 atom stereocenters. The fourth-order valence-corrected chi connectivity index (χ4v) is 4.99. The Morgan fingerprint density at radius 3 is 2.70 bits per heavy atom. The summed E-state index contributed by atoms with van der Waals surface area (Å²) >= 11 is 0. The van der Waals surface area contributed by atoms with Gasteiger partial charge in [-0.15, -0.1) is 0 Å². The molecule has 128 valence electrons. The first-order valence-electron chi connectivity index (χ1n) is 8.30. The van der Waals surface area contributed by atoms with Crippen molar-refractivity contribution in [3.63, 3.8) is 0 Å². The Bertz CT molecular complexity index is 612. The molecule has 23 heavy (non-hydrogen) atoms. The maximum absolute atomic E-state index is 12.8. The van der Waals surface area contributed by atoms with E-state index in [-0.39, 0.29) is 0 Å². The lowest BCUT2D eigenvalue weighted by Gasteiger charge is -2.36. The van der Waals surface area contributed by atoms with Crippen molar-refractivity contribution in [3.8, 4) is 0 Å². The maximum atomic E-state index is 12.8. The third kappa shape index (κ3) is 4.09. The molecule has 2 aliphatic heterocycles. The van der Waals surface area contributed by atoms with E-state index >= 15 is 0 Å². The number of aromatic nitrogens is 1. The van der Waals surface area contributed by atoms with Gasteiger partial charge in [0.15, 0.2) is 0 Å². The summed E-state index contributed by atoms with van der Waals surface area (Å²) in [4.78, 5) is 4.33. The van der Waals surface area contributed by atoms with E-state index in [0.717, 1.165) is 25.0 Å². The van der Waals surface area contributed by atoms with Gasteiger partial charge in [0.05, 0.1) is 13.2 Å². The zero-order chi connectivity index (χ0) is 16.3. The summed E-state index contributed by atoms with van der Waals surface area (Å²) in [6, 6.07) is 4.11. The molecule has 1 unspecified atom stereocenters. The van der Waals surface area contributed by atoms with E-state index < -0.39 is 10.2 Å². The normalized spacial score (nSPS) is 24.7. The van der Waals surface area contributed by atoms with E-state index in [9.17, 15) is 8.42 Å². The Labute approximate surface area is 138 Å². The highest BCUT2D eigenvalue weighted by Gasteiger charge is 2.34. The molecule has 0 amide bonds. The van der Waals surface area contributed by atoms with Gasteiger partial charge < -0.3 is 4.74 Å². The minimum absolute atomic E-state index is 0.365. The second-order valence-electron chi connectivity index (χ2n) is 6.40. The molecular weight excluding hydrogens is 314 g/mol. The summed E-state index contributed by atoms with van der Waals surface area (Å²) in [5, 5.41) is 0. The van der Waals surface area contributed by atoms with Crippen LogP contribution >= 0.6 is 0 Å². The minimum atomic E-state index is -3.35. The number of hydrogen-bond acceptors (Lipinski definition) is 4. The van der Waals surface area contributed by atoms with E-state index in [1.807, 2.05) is 19.2 Å². The van der Waals surface area contributed by atoms with Crippen molar-refractivity contribution in [2.75, 3.05) is 39.4 Å². The van der Waals surface area contributed by atoms with Crippen LogP contribution in [0.25, 0.3) is 0 Å². The molecule has 7 heteroatoms. The molecule has 0 spiro atoms. The molecule has 1 aromatic rings. The van der Waals surface area contributed by atoms with Crippen LogP contribution in [0.1, 0.15) is 24.1 Å². The van der Waals surface area contributed by atoms with Gasteiger partial charge in [-0.1, -0.05) is 6.07 Å². The van der Waals surface area contributed by atoms with Crippen LogP contribution in [0.15, 0.2) is 18.3 Å². The lowest BCUT2D eigenvalue weighted by Crippen LogP contribution is -2.51. The Morgan fingerprint density at radius 2 is 2.00 bits per heavy atom. The molecular formula is C16H25N3O3S. The number of hydrogen-bond donors (Lipinski definition) is 0. The maximum Gasteiger partial charge on any atom is 0.282 e. The quantitative estimate of drug-likeness (QED) is 0.827. The van der Waals surface area contributed by atoms with Gasteiger partial charge in [-0.25, -0.2) is 0 Å². The average molecular weight is 339 g/mol. The molecule has 6 nitrogen and oxygen atoms in total. The Hall–Kier alpha value is -1.02. The predicted octanol–water partition coefficient (Wildman–Crippen LogP) is 1.22. The minimum Gasteiger partial charge on any atom is -0.379 e. The molecule has 3 rings (SSSR count). The molecule has 1 aromatic heterocycles. The van der Waals surface area contributed by atoms with Crippen molar-refractivity contribution in [2.24, 2.45) is 5.92 Å². The Balaban J connectivity index is 1.64. The zero-order valence-corrected chi connectivity index (χ0v) is 14.5. The van der Waals surface area contributed by atoms with Crippen LogP contribution in [0, 0.1) is 12.8 Å². The monoisotopic (exact) mass is 339 g/mol. The molecule has 0 saturated carbocycles. The first-order chi connectivity index (χ1) is 11.1. The fraction of sp³-hybridized carbons (Fsp3) is 0.688. The van der Waals surface area contributed by atoms with Gasteiger partial charge in [0.2, 0.25) is 0 Å². The molecule has 0 N–H and O–H groups in total. The lowest BCUT2D eigenvalue weighted by atomic mass is 9.93. The van der Waals surface area contributed by atoms with Crippen molar-refractivity contribution >= 4 is 10.2 Å². The molecule has 0 bridgehead atoms. The van der Waals surface area contributed by atoms with E-state index in [0.29, 0.717) is 45.3 Å². The molecule has 0 aliphatic carbocycles. The number of pyridine rings is 1. The van der Waals surface area contributed by atoms with E-state index in [1.165, 1.54) is 5.56 Å². The molecule has 0 aromatic carbocycles. The van der Waals surface area contributed by atoms with Gasteiger partial charge in [0.1, 0.15) is 0 Å². The largest absolute Gasteiger partial charge is 0.379 e. The van der Waals surface area contributed by atoms with Crippen LogP contribution < -0.4 is 0 Å². The highest BCUT2D eigenvalue weighted by Crippen LogP contribution is 2.24. The van der Waals surface area contributed by atoms with E-state index in [2.05, 4.69) is 11.1 Å². The second-order valence-corrected chi connectivity index (χ2v) is 8.33. The van der Waals surface area contributed by atoms with Crippen LogP contribution in [-0.2, 0) is 21.4 Å². The summed E-state index contributed by atoms with van der Waals surface area (Å²) < 4.78 is 34.0. The second kappa shape index (κ2) is 7.25. The highest BCUT2D eigenvalue weighted by atomic mass is 32.2. The van der Waals surface area contributed by atoms with Crippen LogP contribution in [0.5, 0.6) is 0 Å². The number of piperidine rings is 1. The van der Waals surface area contributed by atoms with Crippen molar-refractivity contribution in [3.05, 3.63) is 29.6 Å². The Morgan fingerprint density at radius 1 is 1.22 bits per heavy atom. The third-order valence-electron chi connectivity index (χ3n) is 4.60. The van der Waals surface area contributed by atoms with Crippen LogP contribution in [0.3, 0.4) is 0 Å². The van der Waals surface area contributed by atoms with Crippen molar-refractivity contribution in [2.45, 2.75) is 26.2 Å². The predicted molar refractivity (Wildman–Crippen MR) is 88.3 cm³/mol. The number of morpholine rings is 1. The van der Waals surface area contributed by atoms with Gasteiger partial charge in [0.25, 0.3) is 10.2 Å². The molecule has 2 saturated heterocycles. The van der Waals surface area contributed by atoms with E-state index in [4.69, 9.17) is 4.74 Å². The zero-order valence-electron chi connectivity index (χ0n) is 13.6. The number of nitrogens with zero attached hydrogens (tertiary/aromatic N) is 3. The SMILES string of the molecule is Cc1ccc(CC2CCCN(S(=O)(=O)N3CCOCC3)C2)cn1. The molecule has 0 radical (unpaired) electrons. The number of rotatable bonds is 4. The van der Waals surface area contributed by atoms with Crippen molar-refractivity contribution < 1.29 is 13.2 Å². The summed E-state index contributed by atoms with van der Waals surface area (Å²) in [6.45, 7) is 5.12.